The van der Waals surface area contributed by atoms with Gasteiger partial charge in [-0.1, -0.05) is 12.1 Å². The summed E-state index contributed by atoms with van der Waals surface area (Å²) in [5.74, 6) is -0.598. The Hall–Kier alpha value is -1.11. The van der Waals surface area contributed by atoms with Crippen LogP contribution in [-0.4, -0.2) is 49.4 Å². The van der Waals surface area contributed by atoms with E-state index in [1.165, 1.54) is 0 Å². The molecule has 0 saturated carbocycles. The van der Waals surface area contributed by atoms with Gasteiger partial charge in [0.1, 0.15) is 5.92 Å². The molecule has 2 atom stereocenters. The van der Waals surface area contributed by atoms with Crippen LogP contribution in [0.1, 0.15) is 19.3 Å². The summed E-state index contributed by atoms with van der Waals surface area (Å²) in [5, 5.41) is 3.14. The highest BCUT2D eigenvalue weighted by Crippen LogP contribution is 2.33. The zero-order valence-electron chi connectivity index (χ0n) is 13.7. The molecule has 2 unspecified atom stereocenters. The number of likely N-dealkylation sites (tertiary alicyclic amines) is 1. The van der Waals surface area contributed by atoms with Crippen molar-refractivity contribution < 1.29 is 9.59 Å². The Bertz CT molecular complexity index is 613. The molecule has 2 amide bonds. The standard InChI is InChI=1S/C17H22BrN3O2.ClH/c1-19-11-12-5-4-9-20(12)16(22)13-8-10-21(17(13)23)15-7-3-2-6-14(15)18;/h2-3,6-7,12-13,19H,4-5,8-11H2,1H3;1H. The number of anilines is 1. The van der Waals surface area contributed by atoms with Crippen LogP contribution in [0.15, 0.2) is 28.7 Å². The van der Waals surface area contributed by atoms with E-state index < -0.39 is 5.92 Å². The highest BCUT2D eigenvalue weighted by molar-refractivity contribution is 9.10. The van der Waals surface area contributed by atoms with E-state index in [-0.39, 0.29) is 30.3 Å². The fourth-order valence-electron chi connectivity index (χ4n) is 3.59. The van der Waals surface area contributed by atoms with E-state index in [0.717, 1.165) is 36.1 Å². The van der Waals surface area contributed by atoms with Crippen LogP contribution < -0.4 is 10.2 Å². The van der Waals surface area contributed by atoms with Gasteiger partial charge >= 0.3 is 0 Å². The first-order valence-corrected chi connectivity index (χ1v) is 8.93. The van der Waals surface area contributed by atoms with E-state index in [2.05, 4.69) is 21.2 Å². The number of halogens is 2. The van der Waals surface area contributed by atoms with Gasteiger partial charge in [-0.3, -0.25) is 9.59 Å². The molecule has 24 heavy (non-hydrogen) atoms. The topological polar surface area (TPSA) is 52.7 Å². The second kappa shape index (κ2) is 8.32. The molecule has 0 aromatic heterocycles. The van der Waals surface area contributed by atoms with Gasteiger partial charge in [-0.05, 0) is 54.4 Å². The van der Waals surface area contributed by atoms with Crippen LogP contribution in [-0.2, 0) is 9.59 Å². The number of para-hydroxylation sites is 1. The maximum atomic E-state index is 12.8. The summed E-state index contributed by atoms with van der Waals surface area (Å²) in [6.07, 6.45) is 2.64. The minimum Gasteiger partial charge on any atom is -0.338 e. The van der Waals surface area contributed by atoms with Gasteiger partial charge in [-0.2, -0.15) is 0 Å². The van der Waals surface area contributed by atoms with Crippen molar-refractivity contribution >= 4 is 45.8 Å². The number of amides is 2. The maximum absolute atomic E-state index is 12.8. The number of benzene rings is 1. The predicted octanol–water partition coefficient (Wildman–Crippen LogP) is 2.43. The Balaban J connectivity index is 0.00000208. The summed E-state index contributed by atoms with van der Waals surface area (Å²) in [6, 6.07) is 7.88. The van der Waals surface area contributed by atoms with Crippen molar-refractivity contribution in [2.45, 2.75) is 25.3 Å². The molecule has 2 fully saturated rings. The lowest BCUT2D eigenvalue weighted by molar-refractivity contribution is -0.140. The number of hydrogen-bond donors (Lipinski definition) is 1. The van der Waals surface area contributed by atoms with Gasteiger partial charge < -0.3 is 15.1 Å². The second-order valence-electron chi connectivity index (χ2n) is 6.17. The average Bonchev–Trinajstić information content (AvgIpc) is 3.15. The molecule has 5 nitrogen and oxygen atoms in total. The SMILES string of the molecule is CNCC1CCCN1C(=O)C1CCN(c2ccccc2Br)C1=O.Cl. The normalized spacial score (nSPS) is 23.5. The molecule has 2 aliphatic heterocycles. The molecular weight excluding hydrogens is 394 g/mol. The quantitative estimate of drug-likeness (QED) is 0.767. The molecule has 2 heterocycles. The second-order valence-corrected chi connectivity index (χ2v) is 7.02. The zero-order chi connectivity index (χ0) is 16.4. The van der Waals surface area contributed by atoms with Crippen molar-refractivity contribution in [3.8, 4) is 0 Å². The van der Waals surface area contributed by atoms with E-state index in [1.54, 1.807) is 4.90 Å². The van der Waals surface area contributed by atoms with Gasteiger partial charge in [0.25, 0.3) is 0 Å². The van der Waals surface area contributed by atoms with Crippen molar-refractivity contribution in [2.75, 3.05) is 31.6 Å². The molecule has 2 aliphatic rings. The largest absolute Gasteiger partial charge is 0.338 e. The van der Waals surface area contributed by atoms with Gasteiger partial charge in [0.2, 0.25) is 11.8 Å². The Kier molecular flexibility index (Phi) is 6.66. The molecule has 3 rings (SSSR count). The Labute approximate surface area is 157 Å². The third kappa shape index (κ3) is 3.60. The molecule has 0 spiro atoms. The summed E-state index contributed by atoms with van der Waals surface area (Å²) in [5.41, 5.74) is 0.848. The lowest BCUT2D eigenvalue weighted by Gasteiger charge is -2.27. The third-order valence-electron chi connectivity index (χ3n) is 4.75. The van der Waals surface area contributed by atoms with Crippen LogP contribution in [0.3, 0.4) is 0 Å². The number of nitrogens with zero attached hydrogens (tertiary/aromatic N) is 2. The van der Waals surface area contributed by atoms with E-state index in [1.807, 2.05) is 36.2 Å². The molecule has 2 saturated heterocycles. The fraction of sp³-hybridized carbons (Fsp3) is 0.529. The molecule has 1 aromatic rings. The minimum atomic E-state index is -0.528. The van der Waals surface area contributed by atoms with Gasteiger partial charge in [0, 0.05) is 30.1 Å². The smallest absolute Gasteiger partial charge is 0.239 e. The summed E-state index contributed by atoms with van der Waals surface area (Å²) < 4.78 is 0.885. The summed E-state index contributed by atoms with van der Waals surface area (Å²) in [4.78, 5) is 29.2. The van der Waals surface area contributed by atoms with Crippen LogP contribution in [0.5, 0.6) is 0 Å². The molecule has 7 heteroatoms. The number of carbonyl (C=O) groups is 2. The molecule has 132 valence electrons. The summed E-state index contributed by atoms with van der Waals surface area (Å²) in [6.45, 7) is 2.16. The lowest BCUT2D eigenvalue weighted by Crippen LogP contribution is -2.45. The summed E-state index contributed by atoms with van der Waals surface area (Å²) >= 11 is 3.49. The first kappa shape index (κ1) is 19.2. The number of nitrogens with one attached hydrogen (secondary N) is 1. The van der Waals surface area contributed by atoms with Crippen LogP contribution in [0, 0.1) is 5.92 Å². The van der Waals surface area contributed by atoms with Crippen molar-refractivity contribution in [1.29, 1.82) is 0 Å². The van der Waals surface area contributed by atoms with Crippen LogP contribution in [0.4, 0.5) is 5.69 Å². The number of likely N-dealkylation sites (N-methyl/N-ethyl adjacent to an activating group) is 1. The Morgan fingerprint density at radius 2 is 2.04 bits per heavy atom. The van der Waals surface area contributed by atoms with Crippen molar-refractivity contribution in [3.63, 3.8) is 0 Å². The van der Waals surface area contributed by atoms with Crippen LogP contribution in [0.2, 0.25) is 0 Å². The molecule has 0 bridgehead atoms. The summed E-state index contributed by atoms with van der Waals surface area (Å²) in [7, 11) is 1.90. The Morgan fingerprint density at radius 3 is 2.75 bits per heavy atom. The minimum absolute atomic E-state index is 0. The fourth-order valence-corrected chi connectivity index (χ4v) is 4.09. The van der Waals surface area contributed by atoms with E-state index in [9.17, 15) is 9.59 Å². The molecule has 1 aromatic carbocycles. The lowest BCUT2D eigenvalue weighted by atomic mass is 10.1. The van der Waals surface area contributed by atoms with E-state index in [4.69, 9.17) is 0 Å². The maximum Gasteiger partial charge on any atom is 0.239 e. The van der Waals surface area contributed by atoms with Gasteiger partial charge in [-0.25, -0.2) is 0 Å². The van der Waals surface area contributed by atoms with Gasteiger partial charge in [0.05, 0.1) is 5.69 Å². The van der Waals surface area contributed by atoms with Crippen LogP contribution >= 0.6 is 28.3 Å². The molecule has 1 N–H and O–H groups in total. The first-order valence-electron chi connectivity index (χ1n) is 8.14. The molecule has 0 aliphatic carbocycles. The van der Waals surface area contributed by atoms with Crippen molar-refractivity contribution in [1.82, 2.24) is 10.2 Å². The third-order valence-corrected chi connectivity index (χ3v) is 5.42. The average molecular weight is 417 g/mol. The van der Waals surface area contributed by atoms with E-state index >= 15 is 0 Å². The van der Waals surface area contributed by atoms with Gasteiger partial charge in [0.15, 0.2) is 0 Å². The predicted molar refractivity (Wildman–Crippen MR) is 101 cm³/mol. The number of hydrogen-bond acceptors (Lipinski definition) is 3. The number of carbonyl (C=O) groups excluding carboxylic acids is 2. The van der Waals surface area contributed by atoms with Crippen molar-refractivity contribution in [3.05, 3.63) is 28.7 Å². The van der Waals surface area contributed by atoms with Crippen LogP contribution in [0.25, 0.3) is 0 Å². The Morgan fingerprint density at radius 1 is 1.29 bits per heavy atom. The van der Waals surface area contributed by atoms with Gasteiger partial charge in [-0.15, -0.1) is 12.4 Å². The number of rotatable bonds is 4. The molecular formula is C17H23BrClN3O2. The van der Waals surface area contributed by atoms with E-state index in [0.29, 0.717) is 13.0 Å². The zero-order valence-corrected chi connectivity index (χ0v) is 16.1. The molecule has 0 radical (unpaired) electrons. The monoisotopic (exact) mass is 415 g/mol. The highest BCUT2D eigenvalue weighted by atomic mass is 79.9. The highest BCUT2D eigenvalue weighted by Gasteiger charge is 2.42. The first-order chi connectivity index (χ1) is 11.1. The van der Waals surface area contributed by atoms with Crippen molar-refractivity contribution in [2.24, 2.45) is 5.92 Å².